The molecule has 4 N–H and O–H groups in total. The second kappa shape index (κ2) is 4.91. The molecule has 0 rings (SSSR count). The largest absolute Gasteiger partial charge is 0.481 e. The second-order valence-corrected chi connectivity index (χ2v) is 4.45. The van der Waals surface area contributed by atoms with Crippen LogP contribution >= 0.6 is 0 Å². The first kappa shape index (κ1) is 12.8. The summed E-state index contributed by atoms with van der Waals surface area (Å²) in [5, 5.41) is 15.2. The van der Waals surface area contributed by atoms with E-state index in [9.17, 15) is 18.0 Å². The third-order valence-corrected chi connectivity index (χ3v) is 2.22. The maximum absolute atomic E-state index is 10.9. The number of hydrogen-bond donors (Lipinski definition) is 3. The van der Waals surface area contributed by atoms with Crippen molar-refractivity contribution >= 4 is 21.9 Å². The highest BCUT2D eigenvalue weighted by molar-refractivity contribution is 7.89. The molecular formula is C6H12N2O5S. The van der Waals surface area contributed by atoms with Gasteiger partial charge in [0, 0.05) is 6.54 Å². The minimum absolute atomic E-state index is 0.185. The van der Waals surface area contributed by atoms with Gasteiger partial charge in [-0.3, -0.25) is 9.59 Å². The molecule has 14 heavy (non-hydrogen) atoms. The molecule has 0 aromatic rings. The van der Waals surface area contributed by atoms with Crippen LogP contribution in [0.3, 0.4) is 0 Å². The summed E-state index contributed by atoms with van der Waals surface area (Å²) >= 11 is 0. The lowest BCUT2D eigenvalue weighted by Gasteiger charge is -2.06. The van der Waals surface area contributed by atoms with Gasteiger partial charge in [0.05, 0.1) is 5.75 Å². The average Bonchev–Trinajstić information content (AvgIpc) is 2.00. The van der Waals surface area contributed by atoms with E-state index in [1.165, 1.54) is 6.92 Å². The molecule has 0 aliphatic carbocycles. The Labute approximate surface area is 81.3 Å². The van der Waals surface area contributed by atoms with E-state index in [2.05, 4.69) is 10.5 Å². The van der Waals surface area contributed by atoms with Crippen LogP contribution < -0.4 is 10.5 Å². The zero-order valence-corrected chi connectivity index (χ0v) is 8.37. The molecule has 1 unspecified atom stereocenters. The molecule has 0 saturated heterocycles. The van der Waals surface area contributed by atoms with Crippen LogP contribution in [0.4, 0.5) is 0 Å². The van der Waals surface area contributed by atoms with Crippen LogP contribution in [0.25, 0.3) is 0 Å². The van der Waals surface area contributed by atoms with Crippen molar-refractivity contribution in [2.45, 2.75) is 6.92 Å². The number of nitrogens with one attached hydrogen (secondary N) is 1. The zero-order chi connectivity index (χ0) is 11.4. The molecule has 8 heteroatoms. The molecule has 0 heterocycles. The molecule has 1 amide bonds. The van der Waals surface area contributed by atoms with E-state index in [1.807, 2.05) is 0 Å². The Balaban J connectivity index is 3.93. The maximum Gasteiger partial charge on any atom is 0.315 e. The van der Waals surface area contributed by atoms with Gasteiger partial charge in [-0.25, -0.2) is 13.6 Å². The minimum atomic E-state index is -3.63. The molecule has 0 aromatic carbocycles. The Hall–Kier alpha value is -1.15. The van der Waals surface area contributed by atoms with E-state index in [-0.39, 0.29) is 6.54 Å². The van der Waals surface area contributed by atoms with Gasteiger partial charge < -0.3 is 10.4 Å². The highest BCUT2D eigenvalue weighted by Gasteiger charge is 2.19. The van der Waals surface area contributed by atoms with Gasteiger partial charge in [-0.05, 0) is 6.92 Å². The third-order valence-electron chi connectivity index (χ3n) is 1.45. The van der Waals surface area contributed by atoms with E-state index in [0.717, 1.165) is 0 Å². The number of hydrogen-bond acceptors (Lipinski definition) is 4. The highest BCUT2D eigenvalue weighted by atomic mass is 32.2. The van der Waals surface area contributed by atoms with Crippen molar-refractivity contribution in [1.82, 2.24) is 5.32 Å². The molecular weight excluding hydrogens is 212 g/mol. The van der Waals surface area contributed by atoms with Crippen LogP contribution in [0.1, 0.15) is 6.92 Å². The topological polar surface area (TPSA) is 127 Å². The van der Waals surface area contributed by atoms with Crippen molar-refractivity contribution in [2.24, 2.45) is 11.1 Å². The Kier molecular flexibility index (Phi) is 4.51. The first-order valence-electron chi connectivity index (χ1n) is 3.75. The lowest BCUT2D eigenvalue weighted by molar-refractivity contribution is -0.146. The van der Waals surface area contributed by atoms with E-state index in [4.69, 9.17) is 5.11 Å². The first-order chi connectivity index (χ1) is 6.24. The Bertz CT molecular complexity index is 323. The van der Waals surface area contributed by atoms with E-state index in [1.54, 1.807) is 0 Å². The summed E-state index contributed by atoms with van der Waals surface area (Å²) in [4.78, 5) is 21.2. The van der Waals surface area contributed by atoms with Gasteiger partial charge in [-0.2, -0.15) is 0 Å². The van der Waals surface area contributed by atoms with Gasteiger partial charge in [0.2, 0.25) is 15.9 Å². The number of primary sulfonamides is 1. The molecule has 0 aliphatic heterocycles. The highest BCUT2D eigenvalue weighted by Crippen LogP contribution is 1.93. The van der Waals surface area contributed by atoms with Crippen molar-refractivity contribution in [3.63, 3.8) is 0 Å². The second-order valence-electron chi connectivity index (χ2n) is 2.72. The van der Waals surface area contributed by atoms with Gasteiger partial charge in [0.15, 0.2) is 0 Å². The Morgan fingerprint density at radius 2 is 2.00 bits per heavy atom. The van der Waals surface area contributed by atoms with E-state index in [0.29, 0.717) is 0 Å². The fourth-order valence-corrected chi connectivity index (χ4v) is 0.968. The summed E-state index contributed by atoms with van der Waals surface area (Å²) in [6, 6.07) is 0. The zero-order valence-electron chi connectivity index (χ0n) is 7.56. The molecule has 0 aromatic heterocycles. The lowest BCUT2D eigenvalue weighted by Crippen LogP contribution is -2.37. The summed E-state index contributed by atoms with van der Waals surface area (Å²) < 4.78 is 20.9. The van der Waals surface area contributed by atoms with Crippen LogP contribution in [-0.4, -0.2) is 37.7 Å². The van der Waals surface area contributed by atoms with Gasteiger partial charge in [0.25, 0.3) is 0 Å². The summed E-state index contributed by atoms with van der Waals surface area (Å²) in [5.41, 5.74) is 0. The summed E-state index contributed by atoms with van der Waals surface area (Å²) in [6.07, 6.45) is 0. The molecule has 0 bridgehead atoms. The Morgan fingerprint density at radius 1 is 1.50 bits per heavy atom. The van der Waals surface area contributed by atoms with Gasteiger partial charge in [0.1, 0.15) is 5.92 Å². The minimum Gasteiger partial charge on any atom is -0.481 e. The lowest BCUT2D eigenvalue weighted by atomic mass is 10.2. The van der Waals surface area contributed by atoms with Crippen LogP contribution in [0, 0.1) is 5.92 Å². The SMILES string of the molecule is CC(C(=O)O)C(=O)NCCS(N)(=O)=O. The van der Waals surface area contributed by atoms with Crippen molar-refractivity contribution in [1.29, 1.82) is 0 Å². The summed E-state index contributed by atoms with van der Waals surface area (Å²) in [5.74, 6) is -3.61. The fraction of sp³-hybridized carbons (Fsp3) is 0.667. The van der Waals surface area contributed by atoms with Crippen molar-refractivity contribution in [2.75, 3.05) is 12.3 Å². The molecule has 7 nitrogen and oxygen atoms in total. The summed E-state index contributed by atoms with van der Waals surface area (Å²) in [7, 11) is -3.63. The predicted octanol–water partition coefficient (Wildman–Crippen LogP) is -1.89. The molecule has 0 fully saturated rings. The van der Waals surface area contributed by atoms with E-state index < -0.39 is 33.6 Å². The fourth-order valence-electron chi connectivity index (χ4n) is 0.582. The monoisotopic (exact) mass is 224 g/mol. The number of aliphatic carboxylic acids is 1. The number of sulfonamides is 1. The molecule has 0 spiro atoms. The predicted molar refractivity (Wildman–Crippen MR) is 47.8 cm³/mol. The number of carbonyl (C=O) groups is 2. The molecule has 0 radical (unpaired) electrons. The number of amides is 1. The quantitative estimate of drug-likeness (QED) is 0.471. The van der Waals surface area contributed by atoms with Crippen molar-refractivity contribution < 1.29 is 23.1 Å². The summed E-state index contributed by atoms with van der Waals surface area (Å²) in [6.45, 7) is 1.02. The Morgan fingerprint density at radius 3 is 2.36 bits per heavy atom. The average molecular weight is 224 g/mol. The normalized spacial score (nSPS) is 13.3. The van der Waals surface area contributed by atoms with Crippen LogP contribution in [-0.2, 0) is 19.6 Å². The third kappa shape index (κ3) is 5.49. The molecule has 0 aliphatic rings. The first-order valence-corrected chi connectivity index (χ1v) is 5.46. The molecule has 82 valence electrons. The van der Waals surface area contributed by atoms with Crippen molar-refractivity contribution in [3.8, 4) is 0 Å². The number of carbonyl (C=O) groups excluding carboxylic acids is 1. The number of carboxylic acid groups (broad SMARTS) is 1. The number of nitrogens with two attached hydrogens (primary N) is 1. The van der Waals surface area contributed by atoms with Crippen LogP contribution in [0.5, 0.6) is 0 Å². The van der Waals surface area contributed by atoms with Gasteiger partial charge in [-0.1, -0.05) is 0 Å². The number of carboxylic acids is 1. The number of rotatable bonds is 5. The standard InChI is InChI=1S/C6H12N2O5S/c1-4(6(10)11)5(9)8-2-3-14(7,12)13/h4H,2-3H2,1H3,(H,8,9)(H,10,11)(H2,7,12,13). The molecule has 1 atom stereocenters. The van der Waals surface area contributed by atoms with Gasteiger partial charge >= 0.3 is 5.97 Å². The smallest absolute Gasteiger partial charge is 0.315 e. The molecule has 0 saturated carbocycles. The van der Waals surface area contributed by atoms with Crippen LogP contribution in [0.2, 0.25) is 0 Å². The van der Waals surface area contributed by atoms with E-state index >= 15 is 0 Å². The van der Waals surface area contributed by atoms with Crippen molar-refractivity contribution in [3.05, 3.63) is 0 Å². The van der Waals surface area contributed by atoms with Gasteiger partial charge in [-0.15, -0.1) is 0 Å². The maximum atomic E-state index is 10.9. The van der Waals surface area contributed by atoms with Crippen LogP contribution in [0.15, 0.2) is 0 Å².